The third kappa shape index (κ3) is 1.98. The molecule has 0 aliphatic heterocycles. The molecule has 1 aromatic carbocycles. The van der Waals surface area contributed by atoms with Gasteiger partial charge in [0.15, 0.2) is 0 Å². The zero-order valence-electron chi connectivity index (χ0n) is 11.4. The number of nitrogens with one attached hydrogen (secondary N) is 1. The molecule has 4 rings (SSSR count). The second kappa shape index (κ2) is 4.57. The van der Waals surface area contributed by atoms with Crippen molar-refractivity contribution >= 4 is 33.5 Å². The van der Waals surface area contributed by atoms with Gasteiger partial charge in [-0.1, -0.05) is 17.7 Å². The van der Waals surface area contributed by atoms with Crippen LogP contribution in [0.5, 0.6) is 0 Å². The summed E-state index contributed by atoms with van der Waals surface area (Å²) in [6, 6.07) is 10.1. The van der Waals surface area contributed by atoms with Gasteiger partial charge in [-0.05, 0) is 42.3 Å². The third-order valence-electron chi connectivity index (χ3n) is 3.67. The summed E-state index contributed by atoms with van der Waals surface area (Å²) in [4.78, 5) is 12.0. The molecule has 3 nitrogen and oxygen atoms in total. The predicted octanol–water partition coefficient (Wildman–Crippen LogP) is 4.74. The van der Waals surface area contributed by atoms with Crippen molar-refractivity contribution in [2.24, 2.45) is 0 Å². The van der Waals surface area contributed by atoms with E-state index in [2.05, 4.69) is 33.2 Å². The van der Waals surface area contributed by atoms with Gasteiger partial charge in [0.25, 0.3) is 0 Å². The van der Waals surface area contributed by atoms with Gasteiger partial charge >= 0.3 is 0 Å². The van der Waals surface area contributed by atoms with Gasteiger partial charge in [-0.15, -0.1) is 0 Å². The molecule has 0 bridgehead atoms. The van der Waals surface area contributed by atoms with Crippen LogP contribution in [-0.4, -0.2) is 15.0 Å². The van der Waals surface area contributed by atoms with Crippen LogP contribution >= 0.6 is 11.6 Å². The molecule has 3 heterocycles. The lowest BCUT2D eigenvalue weighted by molar-refractivity contribution is 1.29. The summed E-state index contributed by atoms with van der Waals surface area (Å²) in [6.07, 6.45) is 5.58. The Morgan fingerprint density at radius 3 is 2.86 bits per heavy atom. The van der Waals surface area contributed by atoms with E-state index in [9.17, 15) is 0 Å². The van der Waals surface area contributed by atoms with Crippen LogP contribution in [-0.2, 0) is 0 Å². The molecule has 0 saturated carbocycles. The van der Waals surface area contributed by atoms with Gasteiger partial charge in [0.1, 0.15) is 5.65 Å². The van der Waals surface area contributed by atoms with E-state index in [1.165, 1.54) is 0 Å². The van der Waals surface area contributed by atoms with E-state index in [4.69, 9.17) is 11.6 Å². The van der Waals surface area contributed by atoms with Crippen LogP contribution in [0.25, 0.3) is 33.1 Å². The number of aromatic nitrogens is 3. The lowest BCUT2D eigenvalue weighted by Crippen LogP contribution is -1.83. The summed E-state index contributed by atoms with van der Waals surface area (Å²) in [6.45, 7) is 2.05. The summed E-state index contributed by atoms with van der Waals surface area (Å²) in [7, 11) is 0. The summed E-state index contributed by atoms with van der Waals surface area (Å²) >= 11 is 6.27. The maximum atomic E-state index is 6.27. The van der Waals surface area contributed by atoms with Gasteiger partial charge in [0.2, 0.25) is 0 Å². The number of nitrogens with zero attached hydrogens (tertiary/aromatic N) is 2. The molecule has 0 spiro atoms. The maximum Gasteiger partial charge on any atom is 0.137 e. The summed E-state index contributed by atoms with van der Waals surface area (Å²) in [5, 5.41) is 2.80. The van der Waals surface area contributed by atoms with E-state index in [-0.39, 0.29) is 0 Å². The first kappa shape index (κ1) is 12.4. The Balaban J connectivity index is 2.00. The Labute approximate surface area is 126 Å². The standard InChI is InChI=1S/C17H12ClN3/c1-10-6-12-14(9-21-17(12)20-8-10)11-2-3-16-13(7-11)15(18)4-5-19-16/h2-9H,1H3,(H,20,21). The average Bonchev–Trinajstić information content (AvgIpc) is 2.90. The van der Waals surface area contributed by atoms with Crippen molar-refractivity contribution in [2.75, 3.05) is 0 Å². The highest BCUT2D eigenvalue weighted by Crippen LogP contribution is 2.32. The first-order chi connectivity index (χ1) is 10.2. The van der Waals surface area contributed by atoms with Gasteiger partial charge in [-0.2, -0.15) is 0 Å². The van der Waals surface area contributed by atoms with Crippen LogP contribution in [0.2, 0.25) is 5.02 Å². The number of aromatic amines is 1. The minimum absolute atomic E-state index is 0.719. The first-order valence-electron chi connectivity index (χ1n) is 6.71. The number of hydrogen-bond acceptors (Lipinski definition) is 2. The molecular formula is C17H12ClN3. The summed E-state index contributed by atoms with van der Waals surface area (Å²) < 4.78 is 0. The number of halogens is 1. The fraction of sp³-hybridized carbons (Fsp3) is 0.0588. The van der Waals surface area contributed by atoms with Gasteiger partial charge < -0.3 is 4.98 Å². The van der Waals surface area contributed by atoms with E-state index < -0.39 is 0 Å². The topological polar surface area (TPSA) is 41.6 Å². The van der Waals surface area contributed by atoms with Crippen molar-refractivity contribution in [3.63, 3.8) is 0 Å². The van der Waals surface area contributed by atoms with E-state index in [1.807, 2.05) is 31.5 Å². The number of aryl methyl sites for hydroxylation is 1. The number of fused-ring (bicyclic) bond motifs is 2. The normalized spacial score (nSPS) is 11.3. The number of rotatable bonds is 1. The summed E-state index contributed by atoms with van der Waals surface area (Å²) in [5.41, 5.74) is 5.18. The number of pyridine rings is 2. The van der Waals surface area contributed by atoms with Gasteiger partial charge in [-0.25, -0.2) is 4.98 Å². The highest BCUT2D eigenvalue weighted by atomic mass is 35.5. The zero-order chi connectivity index (χ0) is 14.4. The minimum atomic E-state index is 0.719. The maximum absolute atomic E-state index is 6.27. The molecule has 0 fully saturated rings. The Morgan fingerprint density at radius 1 is 1.05 bits per heavy atom. The lowest BCUT2D eigenvalue weighted by atomic mass is 10.0. The monoisotopic (exact) mass is 293 g/mol. The van der Waals surface area contributed by atoms with E-state index in [1.54, 1.807) is 6.20 Å². The molecule has 0 radical (unpaired) electrons. The number of hydrogen-bond donors (Lipinski definition) is 1. The second-order valence-electron chi connectivity index (χ2n) is 5.14. The Bertz CT molecular complexity index is 972. The van der Waals surface area contributed by atoms with Gasteiger partial charge in [0, 0.05) is 34.9 Å². The van der Waals surface area contributed by atoms with Gasteiger partial charge in [0.05, 0.1) is 10.5 Å². The Hall–Kier alpha value is -2.39. The SMILES string of the molecule is Cc1cnc2[nH]cc(-c3ccc4nccc(Cl)c4c3)c2c1. The number of H-pyrrole nitrogens is 1. The fourth-order valence-electron chi connectivity index (χ4n) is 2.63. The van der Waals surface area contributed by atoms with Gasteiger partial charge in [-0.3, -0.25) is 4.98 Å². The Kier molecular flexibility index (Phi) is 2.69. The first-order valence-corrected chi connectivity index (χ1v) is 7.08. The van der Waals surface area contributed by atoms with Crippen molar-refractivity contribution < 1.29 is 0 Å². The molecular weight excluding hydrogens is 282 g/mol. The molecule has 0 aliphatic carbocycles. The highest BCUT2D eigenvalue weighted by molar-refractivity contribution is 6.35. The van der Waals surface area contributed by atoms with Crippen molar-refractivity contribution in [3.05, 3.63) is 59.5 Å². The van der Waals surface area contributed by atoms with E-state index in [0.29, 0.717) is 0 Å². The van der Waals surface area contributed by atoms with Crippen LogP contribution in [0.15, 0.2) is 48.9 Å². The van der Waals surface area contributed by atoms with Crippen molar-refractivity contribution in [1.29, 1.82) is 0 Å². The molecule has 3 aromatic heterocycles. The lowest BCUT2D eigenvalue weighted by Gasteiger charge is -2.04. The molecule has 0 aliphatic rings. The molecule has 0 saturated heterocycles. The molecule has 0 amide bonds. The quantitative estimate of drug-likeness (QED) is 0.551. The summed E-state index contributed by atoms with van der Waals surface area (Å²) in [5.74, 6) is 0. The molecule has 4 heteroatoms. The predicted molar refractivity (Wildman–Crippen MR) is 86.6 cm³/mol. The fourth-order valence-corrected chi connectivity index (χ4v) is 2.83. The largest absolute Gasteiger partial charge is 0.346 e. The van der Waals surface area contributed by atoms with Crippen LogP contribution in [0.1, 0.15) is 5.56 Å². The van der Waals surface area contributed by atoms with Crippen LogP contribution in [0, 0.1) is 6.92 Å². The van der Waals surface area contributed by atoms with Crippen LogP contribution in [0.4, 0.5) is 0 Å². The molecule has 0 unspecified atom stereocenters. The van der Waals surface area contributed by atoms with Crippen molar-refractivity contribution in [3.8, 4) is 11.1 Å². The average molecular weight is 294 g/mol. The van der Waals surface area contributed by atoms with Crippen LogP contribution < -0.4 is 0 Å². The zero-order valence-corrected chi connectivity index (χ0v) is 12.1. The van der Waals surface area contributed by atoms with E-state index >= 15 is 0 Å². The van der Waals surface area contributed by atoms with Crippen molar-refractivity contribution in [1.82, 2.24) is 15.0 Å². The molecule has 21 heavy (non-hydrogen) atoms. The smallest absolute Gasteiger partial charge is 0.137 e. The molecule has 102 valence electrons. The molecule has 0 atom stereocenters. The second-order valence-corrected chi connectivity index (χ2v) is 5.54. The number of benzene rings is 1. The minimum Gasteiger partial charge on any atom is -0.346 e. The van der Waals surface area contributed by atoms with Crippen molar-refractivity contribution in [2.45, 2.75) is 6.92 Å². The molecule has 4 aromatic rings. The molecule has 1 N–H and O–H groups in total. The van der Waals surface area contributed by atoms with E-state index in [0.717, 1.165) is 43.6 Å². The third-order valence-corrected chi connectivity index (χ3v) is 4.00. The van der Waals surface area contributed by atoms with Crippen LogP contribution in [0.3, 0.4) is 0 Å². The highest BCUT2D eigenvalue weighted by Gasteiger charge is 2.09. The Morgan fingerprint density at radius 2 is 1.95 bits per heavy atom.